The van der Waals surface area contributed by atoms with Crippen molar-refractivity contribution in [3.63, 3.8) is 0 Å². The van der Waals surface area contributed by atoms with Crippen molar-refractivity contribution >= 4 is 27.1 Å². The molecule has 0 N–H and O–H groups in total. The van der Waals surface area contributed by atoms with Crippen LogP contribution in [-0.2, 0) is 15.6 Å². The molecule has 5 aromatic rings. The molecule has 228 valence electrons. The predicted molar refractivity (Wildman–Crippen MR) is 180 cm³/mol. The second-order valence-corrected chi connectivity index (χ2v) is 13.5. The Balaban J connectivity index is 1.52. The Kier molecular flexibility index (Phi) is 7.47. The van der Waals surface area contributed by atoms with E-state index >= 15 is 0 Å². The maximum Gasteiger partial charge on any atom is 0.246 e. The zero-order chi connectivity index (χ0) is 31.0. The first-order valence-electron chi connectivity index (χ1n) is 15.1. The lowest BCUT2D eigenvalue weighted by atomic mass is 9.83. The van der Waals surface area contributed by atoms with Crippen LogP contribution in [0.4, 0.5) is 17.1 Å². The number of hydrogen-bond donors (Lipinski definition) is 0. The Hall–Kier alpha value is -4.79. The highest BCUT2D eigenvalue weighted by Crippen LogP contribution is 2.50. The van der Waals surface area contributed by atoms with E-state index in [1.807, 2.05) is 85.8 Å². The SMILES string of the molecule is COc1ccc([C@@]23CN(c4ccccc4)CN(S(=O)(=O)c4ccc(C)cc4)[C@@H]2N(c2ccccc2)CN3c2ccccc2)cc1. The summed E-state index contributed by atoms with van der Waals surface area (Å²) in [6, 6.07) is 45.8. The minimum atomic E-state index is -3.98. The third-order valence-corrected chi connectivity index (χ3v) is 10.8. The standard InChI is InChI=1S/C37H36N4O3S/c1-29-18-24-35(25-19-29)45(42,43)41-27-38(31-12-6-3-7-13-31)26-37(30-20-22-34(44-2)23-21-30)36(41)39(32-14-8-4-9-15-32)28-40(37)33-16-10-5-11-17-33/h3-25,36H,26-28H2,1-2H3/t36-,37-/m0/s1. The molecule has 0 radical (unpaired) electrons. The van der Waals surface area contributed by atoms with Crippen LogP contribution in [0.15, 0.2) is 144 Å². The monoisotopic (exact) mass is 616 g/mol. The largest absolute Gasteiger partial charge is 0.497 e. The molecule has 7 rings (SSSR count). The van der Waals surface area contributed by atoms with Crippen LogP contribution >= 0.6 is 0 Å². The summed E-state index contributed by atoms with van der Waals surface area (Å²) < 4.78 is 37.2. The smallest absolute Gasteiger partial charge is 0.246 e. The molecule has 0 saturated carbocycles. The predicted octanol–water partition coefficient (Wildman–Crippen LogP) is 6.68. The number of ether oxygens (including phenoxy) is 1. The number of fused-ring (bicyclic) bond motifs is 1. The average Bonchev–Trinajstić information content (AvgIpc) is 3.45. The second-order valence-electron chi connectivity index (χ2n) is 11.6. The Labute approximate surface area is 265 Å². The van der Waals surface area contributed by atoms with Crippen molar-refractivity contribution in [1.82, 2.24) is 4.31 Å². The van der Waals surface area contributed by atoms with Gasteiger partial charge in [0.05, 0.1) is 31.9 Å². The molecule has 0 aromatic heterocycles. The van der Waals surface area contributed by atoms with Crippen LogP contribution in [-0.4, -0.2) is 45.9 Å². The van der Waals surface area contributed by atoms with Crippen LogP contribution in [0.1, 0.15) is 11.1 Å². The van der Waals surface area contributed by atoms with Crippen LogP contribution in [0.2, 0.25) is 0 Å². The molecule has 8 heteroatoms. The quantitative estimate of drug-likeness (QED) is 0.204. The molecule has 2 saturated heterocycles. The fourth-order valence-electron chi connectivity index (χ4n) is 6.80. The summed E-state index contributed by atoms with van der Waals surface area (Å²) in [5, 5.41) is 0. The highest BCUT2D eigenvalue weighted by atomic mass is 32.2. The lowest BCUT2D eigenvalue weighted by molar-refractivity contribution is 0.187. The van der Waals surface area contributed by atoms with Crippen LogP contribution in [0.3, 0.4) is 0 Å². The molecule has 0 bridgehead atoms. The van der Waals surface area contributed by atoms with E-state index in [0.717, 1.165) is 33.9 Å². The molecule has 2 fully saturated rings. The fraction of sp³-hybridized carbons (Fsp3) is 0.189. The number of nitrogens with zero attached hydrogens (tertiary/aromatic N) is 4. The first-order chi connectivity index (χ1) is 21.9. The highest BCUT2D eigenvalue weighted by molar-refractivity contribution is 7.89. The number of para-hydroxylation sites is 3. The van der Waals surface area contributed by atoms with Gasteiger partial charge in [-0.2, -0.15) is 4.31 Å². The number of sulfonamides is 1. The molecule has 7 nitrogen and oxygen atoms in total. The minimum absolute atomic E-state index is 0.189. The van der Waals surface area contributed by atoms with Gasteiger partial charge in [0.1, 0.15) is 17.5 Å². The zero-order valence-corrected chi connectivity index (χ0v) is 26.2. The first-order valence-corrected chi connectivity index (χ1v) is 16.5. The topological polar surface area (TPSA) is 56.3 Å². The van der Waals surface area contributed by atoms with Crippen molar-refractivity contribution in [3.05, 3.63) is 151 Å². The molecule has 2 heterocycles. The first kappa shape index (κ1) is 29.0. The van der Waals surface area contributed by atoms with E-state index in [1.165, 1.54) is 0 Å². The number of methoxy groups -OCH3 is 1. The Morgan fingerprint density at radius 1 is 0.667 bits per heavy atom. The summed E-state index contributed by atoms with van der Waals surface area (Å²) >= 11 is 0. The van der Waals surface area contributed by atoms with Gasteiger partial charge in [-0.3, -0.25) is 0 Å². The maximum atomic E-state index is 14.9. The molecular weight excluding hydrogens is 580 g/mol. The van der Waals surface area contributed by atoms with Gasteiger partial charge < -0.3 is 19.4 Å². The van der Waals surface area contributed by atoms with E-state index < -0.39 is 21.7 Å². The van der Waals surface area contributed by atoms with Gasteiger partial charge in [-0.1, -0.05) is 84.4 Å². The molecule has 0 aliphatic carbocycles. The molecular formula is C37H36N4O3S. The van der Waals surface area contributed by atoms with Gasteiger partial charge in [0.25, 0.3) is 0 Å². The highest BCUT2D eigenvalue weighted by Gasteiger charge is 2.62. The van der Waals surface area contributed by atoms with Crippen molar-refractivity contribution in [2.45, 2.75) is 23.5 Å². The molecule has 45 heavy (non-hydrogen) atoms. The van der Waals surface area contributed by atoms with Crippen LogP contribution in [0, 0.1) is 6.92 Å². The third-order valence-electron chi connectivity index (χ3n) is 9.01. The van der Waals surface area contributed by atoms with Crippen molar-refractivity contribution in [3.8, 4) is 5.75 Å². The number of anilines is 3. The van der Waals surface area contributed by atoms with Gasteiger partial charge in [-0.25, -0.2) is 8.42 Å². The maximum absolute atomic E-state index is 14.9. The molecule has 2 aliphatic rings. The van der Waals surface area contributed by atoms with E-state index in [2.05, 4.69) is 63.2 Å². The molecule has 2 atom stereocenters. The fourth-order valence-corrected chi connectivity index (χ4v) is 8.40. The number of benzene rings is 5. The normalized spacial score (nSPS) is 20.2. The lowest BCUT2D eigenvalue weighted by Crippen LogP contribution is -2.69. The van der Waals surface area contributed by atoms with Gasteiger partial charge in [0, 0.05) is 17.1 Å². The van der Waals surface area contributed by atoms with Crippen LogP contribution < -0.4 is 19.4 Å². The van der Waals surface area contributed by atoms with Gasteiger partial charge in [0.15, 0.2) is 0 Å². The van der Waals surface area contributed by atoms with Gasteiger partial charge in [-0.15, -0.1) is 0 Å². The summed E-state index contributed by atoms with van der Waals surface area (Å²) in [4.78, 5) is 7.08. The van der Waals surface area contributed by atoms with E-state index in [-0.39, 0.29) is 11.6 Å². The van der Waals surface area contributed by atoms with E-state index in [9.17, 15) is 8.42 Å². The summed E-state index contributed by atoms with van der Waals surface area (Å²) in [6.45, 7) is 3.18. The molecule has 0 amide bonds. The van der Waals surface area contributed by atoms with E-state index in [0.29, 0.717) is 13.2 Å². The summed E-state index contributed by atoms with van der Waals surface area (Å²) in [7, 11) is -2.32. The number of rotatable bonds is 7. The number of hydrogen-bond acceptors (Lipinski definition) is 6. The molecule has 5 aromatic carbocycles. The lowest BCUT2D eigenvalue weighted by Gasteiger charge is -2.54. The Morgan fingerprint density at radius 3 is 1.80 bits per heavy atom. The summed E-state index contributed by atoms with van der Waals surface area (Å²) in [5.41, 5.74) is 4.11. The zero-order valence-electron chi connectivity index (χ0n) is 25.4. The summed E-state index contributed by atoms with van der Waals surface area (Å²) in [6.07, 6.45) is -0.584. The Bertz CT molecular complexity index is 1850. The summed E-state index contributed by atoms with van der Waals surface area (Å²) in [5.74, 6) is 0.746. The molecule has 0 spiro atoms. The van der Waals surface area contributed by atoms with Crippen molar-refractivity contribution < 1.29 is 13.2 Å². The van der Waals surface area contributed by atoms with Gasteiger partial charge >= 0.3 is 0 Å². The molecule has 0 unspecified atom stereocenters. The average molecular weight is 617 g/mol. The van der Waals surface area contributed by atoms with Crippen molar-refractivity contribution in [2.24, 2.45) is 0 Å². The third kappa shape index (κ3) is 5.00. The van der Waals surface area contributed by atoms with Crippen molar-refractivity contribution in [1.29, 1.82) is 0 Å². The van der Waals surface area contributed by atoms with Gasteiger partial charge in [-0.05, 0) is 73.2 Å². The van der Waals surface area contributed by atoms with Crippen LogP contribution in [0.25, 0.3) is 0 Å². The van der Waals surface area contributed by atoms with Gasteiger partial charge in [0.2, 0.25) is 10.0 Å². The number of aryl methyl sites for hydroxylation is 1. The second kappa shape index (κ2) is 11.6. The van der Waals surface area contributed by atoms with E-state index in [1.54, 1.807) is 23.5 Å². The van der Waals surface area contributed by atoms with Crippen molar-refractivity contribution in [2.75, 3.05) is 41.7 Å². The Morgan fingerprint density at radius 2 is 1.22 bits per heavy atom. The van der Waals surface area contributed by atoms with E-state index in [4.69, 9.17) is 4.74 Å². The van der Waals surface area contributed by atoms with Crippen LogP contribution in [0.5, 0.6) is 5.75 Å². The molecule has 2 aliphatic heterocycles. The minimum Gasteiger partial charge on any atom is -0.497 e.